The van der Waals surface area contributed by atoms with Crippen LogP contribution in [0.25, 0.3) is 5.69 Å². The molecule has 0 spiro atoms. The van der Waals surface area contributed by atoms with Crippen molar-refractivity contribution in [2.45, 2.75) is 6.54 Å². The molecule has 2 heterocycles. The van der Waals surface area contributed by atoms with Gasteiger partial charge < -0.3 is 9.64 Å². The van der Waals surface area contributed by atoms with Crippen molar-refractivity contribution in [2.75, 3.05) is 40.3 Å². The maximum absolute atomic E-state index is 13.4. The minimum atomic E-state index is -0.652. The molecule has 0 atom stereocenters. The zero-order chi connectivity index (χ0) is 23.5. The molecule has 172 valence electrons. The molecule has 0 saturated carbocycles. The Morgan fingerprint density at radius 1 is 1.03 bits per heavy atom. The van der Waals surface area contributed by atoms with E-state index >= 15 is 0 Å². The van der Waals surface area contributed by atoms with Gasteiger partial charge in [-0.2, -0.15) is 0 Å². The highest BCUT2D eigenvalue weighted by atomic mass is 35.5. The van der Waals surface area contributed by atoms with E-state index in [-0.39, 0.29) is 11.6 Å². The number of methoxy groups -OCH3 is 1. The van der Waals surface area contributed by atoms with Crippen LogP contribution < -0.4 is 0 Å². The van der Waals surface area contributed by atoms with E-state index in [9.17, 15) is 9.59 Å². The van der Waals surface area contributed by atoms with E-state index in [0.29, 0.717) is 39.2 Å². The molecule has 1 aliphatic heterocycles. The molecule has 8 nitrogen and oxygen atoms in total. The molecular formula is C23H23Cl2N5O3. The van der Waals surface area contributed by atoms with Gasteiger partial charge in [-0.25, -0.2) is 14.5 Å². The summed E-state index contributed by atoms with van der Waals surface area (Å²) in [6.45, 7) is 4.01. The minimum absolute atomic E-state index is 0.0762. The SMILES string of the molecule is COC(=O)c1nc(CN2CCN(C)CC2)n(-c2ccc(Cl)cc2C(=O)c2ccccc2Cl)n1. The van der Waals surface area contributed by atoms with Crippen LogP contribution in [0.1, 0.15) is 32.4 Å². The molecular weight excluding hydrogens is 465 g/mol. The third-order valence-electron chi connectivity index (χ3n) is 5.55. The van der Waals surface area contributed by atoms with Crippen molar-refractivity contribution in [1.29, 1.82) is 0 Å². The summed E-state index contributed by atoms with van der Waals surface area (Å²) < 4.78 is 6.34. The molecule has 0 unspecified atom stereocenters. The first-order valence-electron chi connectivity index (χ1n) is 10.4. The number of carbonyl (C=O) groups is 2. The van der Waals surface area contributed by atoms with Gasteiger partial charge in [-0.3, -0.25) is 9.69 Å². The average molecular weight is 488 g/mol. The number of nitrogens with zero attached hydrogens (tertiary/aromatic N) is 5. The molecule has 0 bridgehead atoms. The Kier molecular flexibility index (Phi) is 7.09. The number of likely N-dealkylation sites (N-methyl/N-ethyl adjacent to an activating group) is 1. The van der Waals surface area contributed by atoms with E-state index in [1.54, 1.807) is 42.5 Å². The van der Waals surface area contributed by atoms with Crippen LogP contribution in [0, 0.1) is 0 Å². The predicted molar refractivity (Wildman–Crippen MR) is 125 cm³/mol. The monoisotopic (exact) mass is 487 g/mol. The fourth-order valence-electron chi connectivity index (χ4n) is 3.69. The van der Waals surface area contributed by atoms with Gasteiger partial charge in [-0.15, -0.1) is 5.10 Å². The fraction of sp³-hybridized carbons (Fsp3) is 0.304. The Morgan fingerprint density at radius 2 is 1.76 bits per heavy atom. The first-order valence-corrected chi connectivity index (χ1v) is 11.2. The summed E-state index contributed by atoms with van der Waals surface area (Å²) >= 11 is 12.5. The van der Waals surface area contributed by atoms with E-state index in [2.05, 4.69) is 26.9 Å². The van der Waals surface area contributed by atoms with E-state index in [0.717, 1.165) is 26.2 Å². The molecule has 0 amide bonds. The molecule has 1 aliphatic rings. The Labute approximate surface area is 201 Å². The second-order valence-electron chi connectivity index (χ2n) is 7.80. The van der Waals surface area contributed by atoms with E-state index in [4.69, 9.17) is 27.9 Å². The summed E-state index contributed by atoms with van der Waals surface area (Å²) in [7, 11) is 3.35. The zero-order valence-corrected chi connectivity index (χ0v) is 19.8. The summed E-state index contributed by atoms with van der Waals surface area (Å²) in [6.07, 6.45) is 0. The predicted octanol–water partition coefficient (Wildman–Crippen LogP) is 3.34. The molecule has 0 radical (unpaired) electrons. The number of hydrogen-bond acceptors (Lipinski definition) is 7. The lowest BCUT2D eigenvalue weighted by Crippen LogP contribution is -2.44. The molecule has 0 N–H and O–H groups in total. The van der Waals surface area contributed by atoms with Crippen LogP contribution in [0.3, 0.4) is 0 Å². The average Bonchev–Trinajstić information content (AvgIpc) is 3.23. The number of ether oxygens (including phenoxy) is 1. The summed E-state index contributed by atoms with van der Waals surface area (Å²) in [4.78, 5) is 34.5. The molecule has 4 rings (SSSR count). The van der Waals surface area contributed by atoms with Gasteiger partial charge in [0.15, 0.2) is 5.78 Å². The molecule has 1 aromatic heterocycles. The van der Waals surface area contributed by atoms with Crippen molar-refractivity contribution in [2.24, 2.45) is 0 Å². The van der Waals surface area contributed by atoms with Gasteiger partial charge in [0.2, 0.25) is 0 Å². The normalized spacial score (nSPS) is 14.9. The first-order chi connectivity index (χ1) is 15.9. The zero-order valence-electron chi connectivity index (χ0n) is 18.3. The van der Waals surface area contributed by atoms with Gasteiger partial charge in [0.25, 0.3) is 5.82 Å². The fourth-order valence-corrected chi connectivity index (χ4v) is 4.08. The molecule has 0 aliphatic carbocycles. The van der Waals surface area contributed by atoms with Gasteiger partial charge >= 0.3 is 5.97 Å². The van der Waals surface area contributed by atoms with Gasteiger partial charge in [-0.1, -0.05) is 35.3 Å². The van der Waals surface area contributed by atoms with Gasteiger partial charge in [-0.05, 0) is 37.4 Å². The van der Waals surface area contributed by atoms with Crippen LogP contribution in [0.15, 0.2) is 42.5 Å². The molecule has 1 saturated heterocycles. The minimum Gasteiger partial charge on any atom is -0.463 e. The number of aromatic nitrogens is 3. The van der Waals surface area contributed by atoms with Crippen LogP contribution >= 0.6 is 23.2 Å². The van der Waals surface area contributed by atoms with E-state index in [1.165, 1.54) is 11.8 Å². The number of esters is 1. The largest absolute Gasteiger partial charge is 0.463 e. The Balaban J connectivity index is 1.79. The summed E-state index contributed by atoms with van der Waals surface area (Å²) in [5.74, 6) is -0.511. The third-order valence-corrected chi connectivity index (χ3v) is 6.12. The maximum atomic E-state index is 13.4. The number of ketones is 1. The second-order valence-corrected chi connectivity index (χ2v) is 8.65. The molecule has 10 heteroatoms. The lowest BCUT2D eigenvalue weighted by Gasteiger charge is -2.31. The van der Waals surface area contributed by atoms with Gasteiger partial charge in [0, 0.05) is 42.3 Å². The highest BCUT2D eigenvalue weighted by Gasteiger charge is 2.25. The van der Waals surface area contributed by atoms with Crippen molar-refractivity contribution in [3.8, 4) is 5.69 Å². The summed E-state index contributed by atoms with van der Waals surface area (Å²) in [6, 6.07) is 11.7. The Bertz CT molecular complexity index is 1190. The number of benzene rings is 2. The van der Waals surface area contributed by atoms with E-state index < -0.39 is 5.97 Å². The van der Waals surface area contributed by atoms with Crippen molar-refractivity contribution >= 4 is 35.0 Å². The molecule has 3 aromatic rings. The highest BCUT2D eigenvalue weighted by Crippen LogP contribution is 2.27. The quantitative estimate of drug-likeness (QED) is 0.389. The van der Waals surface area contributed by atoms with Crippen LogP contribution in [0.4, 0.5) is 0 Å². The third kappa shape index (κ3) is 5.09. The van der Waals surface area contributed by atoms with Crippen LogP contribution in [0.5, 0.6) is 0 Å². The van der Waals surface area contributed by atoms with Crippen LogP contribution in [-0.2, 0) is 11.3 Å². The van der Waals surface area contributed by atoms with Gasteiger partial charge in [0.05, 0.1) is 24.4 Å². The maximum Gasteiger partial charge on any atom is 0.377 e. The lowest BCUT2D eigenvalue weighted by atomic mass is 10.0. The first kappa shape index (κ1) is 23.4. The highest BCUT2D eigenvalue weighted by molar-refractivity contribution is 6.35. The van der Waals surface area contributed by atoms with Crippen molar-refractivity contribution in [3.05, 3.63) is 75.3 Å². The molecule has 1 fully saturated rings. The number of rotatable bonds is 6. The lowest BCUT2D eigenvalue weighted by molar-refractivity contribution is 0.0586. The molecule has 2 aromatic carbocycles. The van der Waals surface area contributed by atoms with Gasteiger partial charge in [0.1, 0.15) is 5.82 Å². The van der Waals surface area contributed by atoms with Crippen molar-refractivity contribution in [1.82, 2.24) is 24.6 Å². The number of piperazine rings is 1. The second kappa shape index (κ2) is 10.0. The summed E-state index contributed by atoms with van der Waals surface area (Å²) in [5, 5.41) is 5.11. The van der Waals surface area contributed by atoms with Crippen LogP contribution in [0.2, 0.25) is 10.0 Å². The van der Waals surface area contributed by atoms with E-state index in [1.807, 2.05) is 0 Å². The van der Waals surface area contributed by atoms with Crippen molar-refractivity contribution in [3.63, 3.8) is 0 Å². The van der Waals surface area contributed by atoms with Crippen LogP contribution in [-0.4, -0.2) is 76.7 Å². The molecule has 33 heavy (non-hydrogen) atoms. The standard InChI is InChI=1S/C23H23Cl2N5O3/c1-28-9-11-29(12-10-28)14-20-26-22(23(32)33-2)27-30(20)19-8-7-15(24)13-17(19)21(31)16-5-3-4-6-18(16)25/h3-8,13H,9-12,14H2,1-2H3. The Morgan fingerprint density at radius 3 is 2.45 bits per heavy atom. The number of carbonyl (C=O) groups excluding carboxylic acids is 2. The van der Waals surface area contributed by atoms with Crippen molar-refractivity contribution < 1.29 is 14.3 Å². The topological polar surface area (TPSA) is 80.6 Å². The number of hydrogen-bond donors (Lipinski definition) is 0. The summed E-state index contributed by atoms with van der Waals surface area (Å²) in [5.41, 5.74) is 1.10. The smallest absolute Gasteiger partial charge is 0.377 e. The number of halogens is 2. The Hall–Kier alpha value is -2.78.